The van der Waals surface area contributed by atoms with Gasteiger partial charge in [0.1, 0.15) is 0 Å². The van der Waals surface area contributed by atoms with Crippen molar-refractivity contribution in [2.45, 2.75) is 45.3 Å². The molecule has 0 heterocycles. The van der Waals surface area contributed by atoms with Gasteiger partial charge in [0.05, 0.1) is 12.2 Å². The van der Waals surface area contributed by atoms with Gasteiger partial charge in [0.2, 0.25) is 0 Å². The van der Waals surface area contributed by atoms with Gasteiger partial charge in [-0.25, -0.2) is 4.79 Å². The van der Waals surface area contributed by atoms with Gasteiger partial charge in [-0.05, 0) is 61.6 Å². The van der Waals surface area contributed by atoms with E-state index in [1.807, 2.05) is 0 Å². The molecule has 1 aromatic rings. The van der Waals surface area contributed by atoms with Crippen LogP contribution in [0.4, 0.5) is 0 Å². The van der Waals surface area contributed by atoms with Crippen LogP contribution in [0.2, 0.25) is 0 Å². The third kappa shape index (κ3) is 3.78. The number of hydrogen-bond donors (Lipinski definition) is 2. The SMILES string of the molecule is C[C@H](NC(=O)COC(=O)c1ccc(CO)cc1)[C@H]1C[C@H]2CC[C@H]1C2. The van der Waals surface area contributed by atoms with Gasteiger partial charge < -0.3 is 15.2 Å². The molecule has 1 aromatic carbocycles. The molecule has 0 aliphatic heterocycles. The summed E-state index contributed by atoms with van der Waals surface area (Å²) in [6.45, 7) is 1.73. The summed E-state index contributed by atoms with van der Waals surface area (Å²) >= 11 is 0. The molecule has 5 nitrogen and oxygen atoms in total. The molecule has 2 bridgehead atoms. The van der Waals surface area contributed by atoms with Crippen molar-refractivity contribution in [2.24, 2.45) is 17.8 Å². The number of carbonyl (C=O) groups is 2. The van der Waals surface area contributed by atoms with Crippen molar-refractivity contribution < 1.29 is 19.4 Å². The zero-order valence-electron chi connectivity index (χ0n) is 14.0. The van der Waals surface area contributed by atoms with Crippen LogP contribution >= 0.6 is 0 Å². The second-order valence-electron chi connectivity index (χ2n) is 7.13. The molecule has 2 aliphatic rings. The summed E-state index contributed by atoms with van der Waals surface area (Å²) in [6.07, 6.45) is 5.15. The third-order valence-electron chi connectivity index (χ3n) is 5.53. The maximum atomic E-state index is 12.0. The molecule has 2 saturated carbocycles. The van der Waals surface area contributed by atoms with Crippen LogP contribution in [0.25, 0.3) is 0 Å². The summed E-state index contributed by atoms with van der Waals surface area (Å²) in [7, 11) is 0. The highest BCUT2D eigenvalue weighted by Gasteiger charge is 2.42. The number of ether oxygens (including phenoxy) is 1. The minimum Gasteiger partial charge on any atom is -0.452 e. The Bertz CT molecular complexity index is 598. The van der Waals surface area contributed by atoms with Crippen molar-refractivity contribution in [3.05, 3.63) is 35.4 Å². The Labute approximate surface area is 142 Å². The molecular weight excluding hydrogens is 306 g/mol. The molecule has 0 radical (unpaired) electrons. The van der Waals surface area contributed by atoms with E-state index in [9.17, 15) is 9.59 Å². The smallest absolute Gasteiger partial charge is 0.338 e. The van der Waals surface area contributed by atoms with E-state index in [0.717, 1.165) is 17.4 Å². The fourth-order valence-electron chi connectivity index (χ4n) is 4.27. The lowest BCUT2D eigenvalue weighted by atomic mass is 9.84. The first-order chi connectivity index (χ1) is 11.6. The van der Waals surface area contributed by atoms with E-state index in [0.29, 0.717) is 11.5 Å². The average molecular weight is 331 g/mol. The number of aliphatic hydroxyl groups is 1. The Morgan fingerprint density at radius 3 is 2.58 bits per heavy atom. The molecule has 0 aromatic heterocycles. The number of aliphatic hydroxyl groups excluding tert-OH is 1. The summed E-state index contributed by atoms with van der Waals surface area (Å²) in [5.41, 5.74) is 1.10. The molecule has 4 atom stereocenters. The highest BCUT2D eigenvalue weighted by Crippen LogP contribution is 2.49. The van der Waals surface area contributed by atoms with Gasteiger partial charge in [0.25, 0.3) is 5.91 Å². The summed E-state index contributed by atoms with van der Waals surface area (Å²) in [6, 6.07) is 6.63. The molecule has 0 unspecified atom stereocenters. The average Bonchev–Trinajstić information content (AvgIpc) is 3.23. The Kier molecular flexibility index (Phi) is 5.19. The molecular formula is C19H25NO4. The fraction of sp³-hybridized carbons (Fsp3) is 0.579. The van der Waals surface area contributed by atoms with Crippen LogP contribution < -0.4 is 5.32 Å². The number of amides is 1. The molecule has 3 rings (SSSR count). The van der Waals surface area contributed by atoms with Crippen molar-refractivity contribution in [1.29, 1.82) is 0 Å². The predicted octanol–water partition coefficient (Wildman–Crippen LogP) is 2.28. The second-order valence-corrected chi connectivity index (χ2v) is 7.13. The minimum absolute atomic E-state index is 0.0708. The van der Waals surface area contributed by atoms with Crippen LogP contribution in [0.1, 0.15) is 48.5 Å². The standard InChI is InChI=1S/C19H25NO4/c1-12(17-9-14-4-7-16(17)8-14)20-18(22)11-24-19(23)15-5-2-13(10-21)3-6-15/h2-3,5-6,12,14,16-17,21H,4,7-11H2,1H3,(H,20,22)/t12-,14-,16-,17+/m0/s1. The number of nitrogens with one attached hydrogen (secondary N) is 1. The maximum absolute atomic E-state index is 12.0. The van der Waals surface area contributed by atoms with Crippen LogP contribution in [0.15, 0.2) is 24.3 Å². The van der Waals surface area contributed by atoms with Crippen LogP contribution in [0.5, 0.6) is 0 Å². The second kappa shape index (κ2) is 7.34. The van der Waals surface area contributed by atoms with Crippen molar-refractivity contribution in [3.8, 4) is 0 Å². The molecule has 2 N–H and O–H groups in total. The van der Waals surface area contributed by atoms with Gasteiger partial charge in [0.15, 0.2) is 6.61 Å². The van der Waals surface area contributed by atoms with Gasteiger partial charge in [-0.1, -0.05) is 18.6 Å². The number of hydrogen-bond acceptors (Lipinski definition) is 4. The van der Waals surface area contributed by atoms with E-state index < -0.39 is 5.97 Å². The highest BCUT2D eigenvalue weighted by molar-refractivity contribution is 5.91. The lowest BCUT2D eigenvalue weighted by Crippen LogP contribution is -2.42. The van der Waals surface area contributed by atoms with Crippen molar-refractivity contribution in [1.82, 2.24) is 5.32 Å². The van der Waals surface area contributed by atoms with Crippen molar-refractivity contribution in [2.75, 3.05) is 6.61 Å². The van der Waals surface area contributed by atoms with Crippen LogP contribution in [-0.4, -0.2) is 29.6 Å². The zero-order chi connectivity index (χ0) is 17.1. The summed E-state index contributed by atoms with van der Waals surface area (Å²) in [5, 5.41) is 12.0. The number of fused-ring (bicyclic) bond motifs is 2. The van der Waals surface area contributed by atoms with E-state index in [-0.39, 0.29) is 25.2 Å². The monoisotopic (exact) mass is 331 g/mol. The maximum Gasteiger partial charge on any atom is 0.338 e. The molecule has 5 heteroatoms. The molecule has 2 fully saturated rings. The third-order valence-corrected chi connectivity index (χ3v) is 5.53. The van der Waals surface area contributed by atoms with E-state index in [1.165, 1.54) is 25.7 Å². The Balaban J connectivity index is 1.44. The van der Waals surface area contributed by atoms with Crippen LogP contribution in [0.3, 0.4) is 0 Å². The van der Waals surface area contributed by atoms with Crippen LogP contribution in [-0.2, 0) is 16.1 Å². The Morgan fingerprint density at radius 2 is 2.00 bits per heavy atom. The van der Waals surface area contributed by atoms with Crippen molar-refractivity contribution in [3.63, 3.8) is 0 Å². The van der Waals surface area contributed by atoms with Crippen molar-refractivity contribution >= 4 is 11.9 Å². The number of benzene rings is 1. The van der Waals surface area contributed by atoms with Gasteiger partial charge >= 0.3 is 5.97 Å². The largest absolute Gasteiger partial charge is 0.452 e. The van der Waals surface area contributed by atoms with E-state index in [1.54, 1.807) is 24.3 Å². The number of esters is 1. The first-order valence-corrected chi connectivity index (χ1v) is 8.73. The molecule has 24 heavy (non-hydrogen) atoms. The fourth-order valence-corrected chi connectivity index (χ4v) is 4.27. The summed E-state index contributed by atoms with van der Waals surface area (Å²) in [4.78, 5) is 24.0. The predicted molar refractivity (Wildman–Crippen MR) is 89.2 cm³/mol. The highest BCUT2D eigenvalue weighted by atomic mass is 16.5. The van der Waals surface area contributed by atoms with Gasteiger partial charge in [-0.15, -0.1) is 0 Å². The Hall–Kier alpha value is -1.88. The summed E-state index contributed by atoms with van der Waals surface area (Å²) in [5.74, 6) is 1.39. The lowest BCUT2D eigenvalue weighted by Gasteiger charge is -2.28. The topological polar surface area (TPSA) is 75.6 Å². The van der Waals surface area contributed by atoms with E-state index in [4.69, 9.17) is 9.84 Å². The minimum atomic E-state index is -0.526. The van der Waals surface area contributed by atoms with Crippen LogP contribution in [0, 0.1) is 17.8 Å². The van der Waals surface area contributed by atoms with E-state index >= 15 is 0 Å². The summed E-state index contributed by atoms with van der Waals surface area (Å²) < 4.78 is 5.08. The van der Waals surface area contributed by atoms with Gasteiger partial charge in [-0.3, -0.25) is 4.79 Å². The first-order valence-electron chi connectivity index (χ1n) is 8.73. The van der Waals surface area contributed by atoms with E-state index in [2.05, 4.69) is 12.2 Å². The molecule has 1 amide bonds. The molecule has 130 valence electrons. The molecule has 0 spiro atoms. The quantitative estimate of drug-likeness (QED) is 0.784. The Morgan fingerprint density at radius 1 is 1.25 bits per heavy atom. The normalized spacial score (nSPS) is 26.2. The molecule has 2 aliphatic carbocycles. The number of rotatable bonds is 6. The zero-order valence-corrected chi connectivity index (χ0v) is 14.0. The first kappa shape index (κ1) is 17.0. The molecule has 0 saturated heterocycles. The number of carbonyl (C=O) groups excluding carboxylic acids is 2. The van der Waals surface area contributed by atoms with Gasteiger partial charge in [-0.2, -0.15) is 0 Å². The lowest BCUT2D eigenvalue weighted by molar-refractivity contribution is -0.125. The van der Waals surface area contributed by atoms with Gasteiger partial charge in [0, 0.05) is 6.04 Å².